The van der Waals surface area contributed by atoms with Gasteiger partial charge in [-0.05, 0) is 63.6 Å². The first-order valence-electron chi connectivity index (χ1n) is 14.1. The highest BCUT2D eigenvalue weighted by Crippen LogP contribution is 2.52. The van der Waals surface area contributed by atoms with Gasteiger partial charge in [0.2, 0.25) is 0 Å². The summed E-state index contributed by atoms with van der Waals surface area (Å²) in [5, 5.41) is 17.0. The highest BCUT2D eigenvalue weighted by atomic mass is 19.4. The molecule has 0 unspecified atom stereocenters. The fraction of sp³-hybridized carbons (Fsp3) is 0.552. The third-order valence-electron chi connectivity index (χ3n) is 8.41. The van der Waals surface area contributed by atoms with E-state index in [0.717, 1.165) is 31.0 Å². The zero-order chi connectivity index (χ0) is 30.3. The average molecular weight is 587 g/mol. The molecule has 1 saturated carbocycles. The molecule has 2 fully saturated rings. The Balaban J connectivity index is 1.62. The number of likely N-dealkylation sites (N-methyl/N-ethyl adjacent to an activating group) is 1. The summed E-state index contributed by atoms with van der Waals surface area (Å²) >= 11 is 0. The van der Waals surface area contributed by atoms with Crippen LogP contribution in [0.15, 0.2) is 24.3 Å². The van der Waals surface area contributed by atoms with Gasteiger partial charge in [-0.3, -0.25) is 19.3 Å². The lowest BCUT2D eigenvalue weighted by Gasteiger charge is -2.39. The number of nitriles is 1. The number of hydrogen-bond donors (Lipinski definition) is 1. The van der Waals surface area contributed by atoms with Gasteiger partial charge in [-0.2, -0.15) is 23.5 Å². The molecule has 13 heteroatoms. The van der Waals surface area contributed by atoms with E-state index in [1.165, 1.54) is 22.9 Å². The van der Waals surface area contributed by atoms with E-state index in [-0.39, 0.29) is 29.8 Å². The number of aromatic nitrogens is 2. The second-order valence-electron chi connectivity index (χ2n) is 11.1. The van der Waals surface area contributed by atoms with Crippen LogP contribution in [0, 0.1) is 17.2 Å². The van der Waals surface area contributed by atoms with Crippen molar-refractivity contribution in [2.45, 2.75) is 69.8 Å². The van der Waals surface area contributed by atoms with E-state index in [4.69, 9.17) is 9.84 Å². The van der Waals surface area contributed by atoms with Crippen molar-refractivity contribution in [3.63, 3.8) is 0 Å². The van der Waals surface area contributed by atoms with Crippen LogP contribution in [0.5, 0.6) is 0 Å². The minimum Gasteiger partial charge on any atom is -0.381 e. The first kappa shape index (κ1) is 29.6. The van der Waals surface area contributed by atoms with Crippen molar-refractivity contribution in [2.75, 3.05) is 31.7 Å². The molecule has 3 heterocycles. The Morgan fingerprint density at radius 3 is 2.52 bits per heavy atom. The lowest BCUT2D eigenvalue weighted by atomic mass is 9.82. The van der Waals surface area contributed by atoms with Crippen molar-refractivity contribution in [3.05, 3.63) is 46.6 Å². The van der Waals surface area contributed by atoms with Crippen LogP contribution in [0.3, 0.4) is 0 Å². The number of hydrogen-bond acceptors (Lipinski definition) is 6. The van der Waals surface area contributed by atoms with E-state index in [2.05, 4.69) is 11.4 Å². The maximum Gasteiger partial charge on any atom is 0.416 e. The summed E-state index contributed by atoms with van der Waals surface area (Å²) in [6.45, 7) is 4.58. The molecule has 3 amide bonds. The fourth-order valence-electron chi connectivity index (χ4n) is 5.86. The van der Waals surface area contributed by atoms with Crippen molar-refractivity contribution in [2.24, 2.45) is 5.92 Å². The van der Waals surface area contributed by atoms with Gasteiger partial charge in [0.1, 0.15) is 17.9 Å². The number of carbonyl (C=O) groups is 3. The maximum absolute atomic E-state index is 14.1. The standard InChI is InChI=1S/C29H33F3N6O4/c1-4-37-26-22(24(27(40)36(3)16(2)15-33)35-38(26)20-10-12-42-13-11-20)21(17-8-9-17)23(28(37)41)34-25(39)18-6-5-7-19(14-18)29(30,31)32/h5-7,14,16-17,20-21,23H,4,8-13H2,1-3H3,(H,34,39)/t16-,21-,23-/m0/s1. The van der Waals surface area contributed by atoms with Gasteiger partial charge in [0.05, 0.1) is 17.7 Å². The van der Waals surface area contributed by atoms with E-state index in [1.54, 1.807) is 18.5 Å². The largest absolute Gasteiger partial charge is 0.416 e. The highest BCUT2D eigenvalue weighted by molar-refractivity contribution is 6.07. The Morgan fingerprint density at radius 2 is 1.93 bits per heavy atom. The molecule has 5 rings (SSSR count). The summed E-state index contributed by atoms with van der Waals surface area (Å²) in [5.41, 5.74) is -0.552. The highest BCUT2D eigenvalue weighted by Gasteiger charge is 2.52. The molecular formula is C29H33F3N6O4. The Labute approximate surface area is 241 Å². The second-order valence-corrected chi connectivity index (χ2v) is 11.1. The first-order valence-corrected chi connectivity index (χ1v) is 14.1. The normalized spacial score (nSPS) is 21.8. The summed E-state index contributed by atoms with van der Waals surface area (Å²) in [7, 11) is 1.51. The van der Waals surface area contributed by atoms with Crippen LogP contribution in [-0.4, -0.2) is 71.3 Å². The number of anilines is 1. The summed E-state index contributed by atoms with van der Waals surface area (Å²) in [6.07, 6.45) is -1.88. The van der Waals surface area contributed by atoms with E-state index < -0.39 is 47.5 Å². The topological polar surface area (TPSA) is 121 Å². The smallest absolute Gasteiger partial charge is 0.381 e. The zero-order valence-corrected chi connectivity index (χ0v) is 23.6. The van der Waals surface area contributed by atoms with E-state index >= 15 is 0 Å². The molecule has 3 atom stereocenters. The van der Waals surface area contributed by atoms with Crippen molar-refractivity contribution in [1.29, 1.82) is 5.26 Å². The van der Waals surface area contributed by atoms with Gasteiger partial charge in [-0.1, -0.05) is 6.07 Å². The van der Waals surface area contributed by atoms with Crippen LogP contribution in [0.4, 0.5) is 19.0 Å². The molecular weight excluding hydrogens is 553 g/mol. The predicted octanol–water partition coefficient (Wildman–Crippen LogP) is 3.90. The number of fused-ring (bicyclic) bond motifs is 1. The number of amides is 3. The molecule has 1 saturated heterocycles. The Kier molecular flexibility index (Phi) is 8.02. The van der Waals surface area contributed by atoms with Gasteiger partial charge in [0.25, 0.3) is 17.7 Å². The number of rotatable bonds is 7. The molecule has 3 aliphatic rings. The van der Waals surface area contributed by atoms with Gasteiger partial charge in [-0.15, -0.1) is 0 Å². The molecule has 1 N–H and O–H groups in total. The van der Waals surface area contributed by atoms with Gasteiger partial charge < -0.3 is 15.0 Å². The zero-order valence-electron chi connectivity index (χ0n) is 23.6. The summed E-state index contributed by atoms with van der Waals surface area (Å²) in [4.78, 5) is 44.1. The number of alkyl halides is 3. The molecule has 0 bridgehead atoms. The predicted molar refractivity (Wildman–Crippen MR) is 145 cm³/mol. The Hall–Kier alpha value is -3.92. The average Bonchev–Trinajstić information content (AvgIpc) is 3.76. The maximum atomic E-state index is 14.1. The third-order valence-corrected chi connectivity index (χ3v) is 8.41. The van der Waals surface area contributed by atoms with Crippen LogP contribution in [0.25, 0.3) is 0 Å². The third kappa shape index (κ3) is 5.35. The van der Waals surface area contributed by atoms with Gasteiger partial charge in [0.15, 0.2) is 5.69 Å². The number of nitrogens with one attached hydrogen (secondary N) is 1. The van der Waals surface area contributed by atoms with Crippen molar-refractivity contribution in [1.82, 2.24) is 20.0 Å². The van der Waals surface area contributed by atoms with E-state index in [9.17, 15) is 32.8 Å². The van der Waals surface area contributed by atoms with Crippen LogP contribution in [0.2, 0.25) is 0 Å². The minimum atomic E-state index is -4.64. The molecule has 2 aromatic rings. The molecule has 2 aliphatic heterocycles. The molecule has 224 valence electrons. The lowest BCUT2D eigenvalue weighted by molar-refractivity contribution is -0.137. The first-order chi connectivity index (χ1) is 20.0. The Morgan fingerprint density at radius 1 is 1.24 bits per heavy atom. The van der Waals surface area contributed by atoms with Gasteiger partial charge >= 0.3 is 6.18 Å². The molecule has 1 aromatic carbocycles. The van der Waals surface area contributed by atoms with Crippen LogP contribution < -0.4 is 10.2 Å². The molecule has 1 aliphatic carbocycles. The molecule has 1 aromatic heterocycles. The fourth-order valence-corrected chi connectivity index (χ4v) is 5.86. The van der Waals surface area contributed by atoms with E-state index in [0.29, 0.717) is 37.4 Å². The van der Waals surface area contributed by atoms with Gasteiger partial charge in [0, 0.05) is 43.9 Å². The number of nitrogens with zero attached hydrogens (tertiary/aromatic N) is 5. The number of halogens is 3. The number of ether oxygens (including phenoxy) is 1. The summed E-state index contributed by atoms with van der Waals surface area (Å²) < 4.78 is 47.3. The lowest BCUT2D eigenvalue weighted by Crippen LogP contribution is -2.56. The summed E-state index contributed by atoms with van der Waals surface area (Å²) in [6, 6.07) is 4.11. The molecule has 10 nitrogen and oxygen atoms in total. The monoisotopic (exact) mass is 586 g/mol. The van der Waals surface area contributed by atoms with E-state index in [1.807, 2.05) is 0 Å². The van der Waals surface area contributed by atoms with Crippen LogP contribution >= 0.6 is 0 Å². The van der Waals surface area contributed by atoms with Crippen LogP contribution in [-0.2, 0) is 15.7 Å². The molecule has 0 spiro atoms. The minimum absolute atomic E-state index is 0.0453. The number of benzene rings is 1. The SMILES string of the molecule is CCN1C(=O)[C@@H](NC(=O)c2cccc(C(F)(F)F)c2)[C@@H](C2CC2)c2c(C(=O)N(C)[C@@H](C)C#N)nn(C3CCOCC3)c21. The molecule has 42 heavy (non-hydrogen) atoms. The van der Waals surface area contributed by atoms with Gasteiger partial charge in [-0.25, -0.2) is 4.68 Å². The second kappa shape index (κ2) is 11.4. The van der Waals surface area contributed by atoms with Crippen molar-refractivity contribution in [3.8, 4) is 6.07 Å². The number of carbonyl (C=O) groups excluding carboxylic acids is 3. The molecule has 0 radical (unpaired) electrons. The van der Waals surface area contributed by atoms with Crippen molar-refractivity contribution >= 4 is 23.5 Å². The van der Waals surface area contributed by atoms with Crippen molar-refractivity contribution < 1.29 is 32.3 Å². The van der Waals surface area contributed by atoms with Crippen LogP contribution in [0.1, 0.15) is 83.5 Å². The quantitative estimate of drug-likeness (QED) is 0.526. The Bertz CT molecular complexity index is 1420. The summed E-state index contributed by atoms with van der Waals surface area (Å²) in [5.74, 6) is -1.88.